The zero-order valence-corrected chi connectivity index (χ0v) is 35.8. The van der Waals surface area contributed by atoms with E-state index in [2.05, 4.69) is 5.32 Å². The van der Waals surface area contributed by atoms with Crippen molar-refractivity contribution in [3.8, 4) is 0 Å². The third-order valence-electron chi connectivity index (χ3n) is 12.7. The number of esters is 4. The molecule has 3 aliphatic carbocycles. The lowest BCUT2D eigenvalue weighted by Crippen LogP contribution is -2.82. The number of nitrogens with one attached hydrogen (secondary N) is 1. The van der Waals surface area contributed by atoms with Crippen molar-refractivity contribution < 1.29 is 72.8 Å². The highest BCUT2D eigenvalue weighted by atomic mass is 16.6. The zero-order chi connectivity index (χ0) is 44.2. The molecular formula is C43H61NO15. The van der Waals surface area contributed by atoms with Gasteiger partial charge in [0.1, 0.15) is 35.6 Å². The number of hydrogen-bond donors (Lipinski definition) is 5. The molecule has 0 spiro atoms. The first kappa shape index (κ1) is 46.0. The minimum absolute atomic E-state index is 0.0952. The van der Waals surface area contributed by atoms with E-state index >= 15 is 0 Å². The van der Waals surface area contributed by atoms with Crippen LogP contribution in [-0.4, -0.2) is 123 Å². The normalized spacial score (nSPS) is 34.6. The summed E-state index contributed by atoms with van der Waals surface area (Å²) >= 11 is 0. The molecule has 0 aromatic heterocycles. The van der Waals surface area contributed by atoms with Crippen molar-refractivity contribution in [3.63, 3.8) is 0 Å². The Bertz CT molecular complexity index is 1820. The fourth-order valence-corrected chi connectivity index (χ4v) is 9.87. The van der Waals surface area contributed by atoms with Crippen LogP contribution in [0.15, 0.2) is 41.5 Å². The summed E-state index contributed by atoms with van der Waals surface area (Å²) in [7, 11) is 0. The van der Waals surface area contributed by atoms with E-state index in [1.165, 1.54) is 26.0 Å². The van der Waals surface area contributed by atoms with Crippen LogP contribution < -0.4 is 5.32 Å². The molecule has 16 nitrogen and oxygen atoms in total. The minimum Gasteiger partial charge on any atom is -0.456 e. The van der Waals surface area contributed by atoms with Crippen molar-refractivity contribution >= 4 is 30.0 Å². The van der Waals surface area contributed by atoms with Gasteiger partial charge in [0.2, 0.25) is 0 Å². The number of aliphatic hydroxyl groups is 4. The fourth-order valence-electron chi connectivity index (χ4n) is 9.87. The van der Waals surface area contributed by atoms with E-state index in [9.17, 15) is 44.4 Å². The monoisotopic (exact) mass is 831 g/mol. The van der Waals surface area contributed by atoms with Crippen molar-refractivity contribution in [2.75, 3.05) is 6.61 Å². The molecule has 4 aliphatic rings. The second-order valence-corrected chi connectivity index (χ2v) is 18.7. The molecule has 328 valence electrons. The molecule has 3 fully saturated rings. The van der Waals surface area contributed by atoms with E-state index in [4.69, 9.17) is 28.4 Å². The van der Waals surface area contributed by atoms with Crippen LogP contribution in [0.3, 0.4) is 0 Å². The molecule has 59 heavy (non-hydrogen) atoms. The average molecular weight is 832 g/mol. The SMILES string of the molecule is CC(=O)O[C@@H]1C2=C(C)[C@@H](OC(=O)[C@H](O)[C@H](CC(C)C)NC(=O)OC(C)(C)C)C[C@@](O)([C@@H](OC(=O)c3ccccc3)[C@@H]3[C@]4(OC(C)=O)CO[C@@H]4C[C@@H](O)[C@@]3(C)[C@H]1O)C2(C)C. The lowest BCUT2D eigenvalue weighted by atomic mass is 9.44. The summed E-state index contributed by atoms with van der Waals surface area (Å²) in [6.07, 6.45) is -12.3. The second kappa shape index (κ2) is 16.4. The molecule has 1 aliphatic heterocycles. The molecule has 1 amide bonds. The van der Waals surface area contributed by atoms with Gasteiger partial charge in [0.05, 0.1) is 30.2 Å². The molecule has 2 saturated carbocycles. The number of rotatable bonds is 10. The molecule has 0 radical (unpaired) electrons. The van der Waals surface area contributed by atoms with Crippen molar-refractivity contribution in [2.45, 2.75) is 161 Å². The molecule has 5 rings (SSSR count). The highest BCUT2D eigenvalue weighted by molar-refractivity contribution is 5.89. The van der Waals surface area contributed by atoms with Gasteiger partial charge in [-0.05, 0) is 63.3 Å². The maximum Gasteiger partial charge on any atom is 0.407 e. The summed E-state index contributed by atoms with van der Waals surface area (Å²) in [6.45, 7) is 16.9. The van der Waals surface area contributed by atoms with Gasteiger partial charge in [-0.25, -0.2) is 14.4 Å². The number of carbonyl (C=O) groups is 5. The topological polar surface area (TPSA) is 234 Å². The summed E-state index contributed by atoms with van der Waals surface area (Å²) in [5.41, 5.74) is -7.90. The Hall–Kier alpha value is -4.09. The third-order valence-corrected chi connectivity index (χ3v) is 12.7. The largest absolute Gasteiger partial charge is 0.456 e. The lowest BCUT2D eigenvalue weighted by Gasteiger charge is -2.69. The maximum atomic E-state index is 14.2. The summed E-state index contributed by atoms with van der Waals surface area (Å²) in [5, 5.41) is 52.5. The van der Waals surface area contributed by atoms with E-state index in [1.807, 2.05) is 13.8 Å². The van der Waals surface area contributed by atoms with E-state index in [0.717, 1.165) is 6.92 Å². The first-order valence-corrected chi connectivity index (χ1v) is 20.1. The molecular weight excluding hydrogens is 770 g/mol. The van der Waals surface area contributed by atoms with Gasteiger partial charge >= 0.3 is 30.0 Å². The summed E-state index contributed by atoms with van der Waals surface area (Å²) in [5.74, 6) is -5.21. The summed E-state index contributed by atoms with van der Waals surface area (Å²) in [4.78, 5) is 67.0. The van der Waals surface area contributed by atoms with Gasteiger partial charge < -0.3 is 54.2 Å². The van der Waals surface area contributed by atoms with E-state index < -0.39 is 119 Å². The Morgan fingerprint density at radius 2 is 1.59 bits per heavy atom. The number of alkyl carbamates (subject to hydrolysis) is 1. The fraction of sp³-hybridized carbons (Fsp3) is 0.698. The van der Waals surface area contributed by atoms with Gasteiger partial charge in [-0.3, -0.25) is 9.59 Å². The highest BCUT2D eigenvalue weighted by Crippen LogP contribution is 2.65. The molecule has 1 heterocycles. The molecule has 1 aromatic carbocycles. The van der Waals surface area contributed by atoms with Gasteiger partial charge in [0.25, 0.3) is 0 Å². The molecule has 0 unspecified atom stereocenters. The number of hydrogen-bond acceptors (Lipinski definition) is 15. The molecule has 5 N–H and O–H groups in total. The number of amides is 1. The standard InChI is InChI=1S/C43H61NO15/c1-21(2)17-26(44-38(52)59-39(6,7)8)31(48)37(51)56-27-19-43(53)35(57-36(50)25-15-13-12-14-16-25)33-41(11,28(47)18-29-42(33,20-54-29)58-24(5)46)34(49)32(55-23(4)45)30(22(27)3)40(43,9)10/h12-16,21,26-29,31-35,47-49,53H,17-20H2,1-11H3,(H,44,52)/t26-,27-,28+,29+,31+,32+,33-,34-,35-,41+,42-,43+/m0/s1. The predicted octanol–water partition coefficient (Wildman–Crippen LogP) is 3.30. The average Bonchev–Trinajstić information content (AvgIpc) is 3.11. The van der Waals surface area contributed by atoms with Crippen LogP contribution >= 0.6 is 0 Å². The van der Waals surface area contributed by atoms with E-state index in [-0.39, 0.29) is 42.1 Å². The van der Waals surface area contributed by atoms with Crippen molar-refractivity contribution in [2.24, 2.45) is 22.7 Å². The Morgan fingerprint density at radius 3 is 2.12 bits per heavy atom. The highest BCUT2D eigenvalue weighted by Gasteiger charge is 2.78. The number of aliphatic hydroxyl groups excluding tert-OH is 3. The molecule has 12 atom stereocenters. The predicted molar refractivity (Wildman–Crippen MR) is 208 cm³/mol. The molecule has 16 heteroatoms. The van der Waals surface area contributed by atoms with Crippen LogP contribution in [0.4, 0.5) is 4.79 Å². The van der Waals surface area contributed by atoms with Crippen LogP contribution in [0.25, 0.3) is 0 Å². The van der Waals surface area contributed by atoms with Crippen LogP contribution in [0.5, 0.6) is 0 Å². The summed E-state index contributed by atoms with van der Waals surface area (Å²) < 4.78 is 35.7. The molecule has 2 bridgehead atoms. The number of fused-ring (bicyclic) bond motifs is 5. The summed E-state index contributed by atoms with van der Waals surface area (Å²) in [6, 6.07) is 6.75. The first-order chi connectivity index (χ1) is 27.2. The van der Waals surface area contributed by atoms with Crippen LogP contribution in [0.1, 0.15) is 106 Å². The van der Waals surface area contributed by atoms with Gasteiger partial charge in [-0.1, -0.05) is 52.8 Å². The van der Waals surface area contributed by atoms with E-state index in [1.54, 1.807) is 59.7 Å². The van der Waals surface area contributed by atoms with Gasteiger partial charge in [0, 0.05) is 37.5 Å². The smallest absolute Gasteiger partial charge is 0.407 e. The van der Waals surface area contributed by atoms with Crippen molar-refractivity contribution in [1.29, 1.82) is 0 Å². The number of carbonyl (C=O) groups excluding carboxylic acids is 5. The Morgan fingerprint density at radius 1 is 0.966 bits per heavy atom. The van der Waals surface area contributed by atoms with Gasteiger partial charge in [-0.15, -0.1) is 0 Å². The Labute approximate surface area is 344 Å². The first-order valence-electron chi connectivity index (χ1n) is 20.1. The van der Waals surface area contributed by atoms with Crippen LogP contribution in [0.2, 0.25) is 0 Å². The van der Waals surface area contributed by atoms with Gasteiger partial charge in [0.15, 0.2) is 17.8 Å². The van der Waals surface area contributed by atoms with Gasteiger partial charge in [-0.2, -0.15) is 0 Å². The number of ether oxygens (including phenoxy) is 6. The van der Waals surface area contributed by atoms with Crippen molar-refractivity contribution in [1.82, 2.24) is 5.32 Å². The zero-order valence-electron chi connectivity index (χ0n) is 35.8. The number of benzene rings is 1. The minimum atomic E-state index is -2.33. The Balaban J connectivity index is 1.72. The molecule has 1 aromatic rings. The molecule has 1 saturated heterocycles. The van der Waals surface area contributed by atoms with Crippen molar-refractivity contribution in [3.05, 3.63) is 47.0 Å². The van der Waals surface area contributed by atoms with Crippen LogP contribution in [0, 0.1) is 22.7 Å². The lowest BCUT2D eigenvalue weighted by molar-refractivity contribution is -0.365. The third kappa shape index (κ3) is 8.35. The van der Waals surface area contributed by atoms with Crippen LogP contribution in [-0.2, 0) is 42.8 Å². The van der Waals surface area contributed by atoms with E-state index in [0.29, 0.717) is 0 Å². The second-order valence-electron chi connectivity index (χ2n) is 18.7. The Kier molecular flexibility index (Phi) is 12.8. The maximum absolute atomic E-state index is 14.2. The quantitative estimate of drug-likeness (QED) is 0.129.